The fourth-order valence-corrected chi connectivity index (χ4v) is 4.32. The van der Waals surface area contributed by atoms with Crippen LogP contribution >= 0.6 is 11.9 Å². The molecule has 0 unspecified atom stereocenters. The topological polar surface area (TPSA) is 146 Å². The highest BCUT2D eigenvalue weighted by Crippen LogP contribution is 2.26. The lowest BCUT2D eigenvalue weighted by atomic mass is 10.1. The van der Waals surface area contributed by atoms with Crippen LogP contribution in [0.25, 0.3) is 0 Å². The lowest BCUT2D eigenvalue weighted by Gasteiger charge is -2.21. The third-order valence-corrected chi connectivity index (χ3v) is 6.91. The van der Waals surface area contributed by atoms with Crippen molar-refractivity contribution < 1.29 is 24.2 Å². The fraction of sp³-hybridized carbons (Fsp3) is 0.379. The van der Waals surface area contributed by atoms with Crippen molar-refractivity contribution in [2.24, 2.45) is 0 Å². The fourth-order valence-electron chi connectivity index (χ4n) is 3.44. The maximum atomic E-state index is 13.0. The number of unbranched alkanes of at least 4 members (excludes halogenated alkanes) is 1. The van der Waals surface area contributed by atoms with Crippen molar-refractivity contribution in [3.05, 3.63) is 70.1 Å². The number of hydrazine groups is 1. The van der Waals surface area contributed by atoms with Crippen LogP contribution in [0, 0.1) is 18.3 Å². The Balaban J connectivity index is 2.11. The van der Waals surface area contributed by atoms with Gasteiger partial charge in [-0.1, -0.05) is 26.5 Å². The molecule has 0 aliphatic heterocycles. The van der Waals surface area contributed by atoms with Crippen molar-refractivity contribution in [3.63, 3.8) is 0 Å². The average molecular weight is 584 g/mol. The number of nitrogens with one attached hydrogen (secondary N) is 2. The van der Waals surface area contributed by atoms with Crippen LogP contribution in [0.4, 0.5) is 11.4 Å². The minimum Gasteiger partial charge on any atom is -0.493 e. The van der Waals surface area contributed by atoms with Crippen LogP contribution in [0.5, 0.6) is 5.88 Å². The number of hydrogen-bond donors (Lipinski definition) is 3. The summed E-state index contributed by atoms with van der Waals surface area (Å²) in [4.78, 5) is 37.4. The first kappa shape index (κ1) is 33.0. The number of carbonyl (C=O) groups is 2. The summed E-state index contributed by atoms with van der Waals surface area (Å²) in [6.45, 7) is 15.2. The summed E-state index contributed by atoms with van der Waals surface area (Å²) in [5.41, 5.74) is 7.28. The molecule has 3 N–H and O–H groups in total. The Morgan fingerprint density at radius 1 is 1.07 bits per heavy atom. The van der Waals surface area contributed by atoms with Crippen LogP contribution in [0.2, 0.25) is 0 Å². The Labute approximate surface area is 244 Å². The summed E-state index contributed by atoms with van der Waals surface area (Å²) in [5, 5.41) is 20.0. The molecular weight excluding hydrogens is 546 g/mol. The minimum atomic E-state index is -0.477. The average Bonchev–Trinajstić information content (AvgIpc) is 2.93. The maximum absolute atomic E-state index is 13.0. The zero-order chi connectivity index (χ0) is 30.5. The zero-order valence-electron chi connectivity index (χ0n) is 23.9. The highest BCUT2D eigenvalue weighted by molar-refractivity contribution is 7.97. The smallest absolute Gasteiger partial charge is 0.333 e. The Hall–Kier alpha value is -4.21. The first-order valence-corrected chi connectivity index (χ1v) is 13.8. The molecule has 0 saturated heterocycles. The van der Waals surface area contributed by atoms with Gasteiger partial charge in [0, 0.05) is 41.2 Å². The van der Waals surface area contributed by atoms with E-state index < -0.39 is 17.5 Å². The predicted octanol–water partition coefficient (Wildman–Crippen LogP) is 4.52. The summed E-state index contributed by atoms with van der Waals surface area (Å²) < 4.78 is 13.5. The van der Waals surface area contributed by atoms with E-state index in [2.05, 4.69) is 24.0 Å². The molecule has 2 rings (SSSR count). The van der Waals surface area contributed by atoms with Gasteiger partial charge in [0.25, 0.3) is 5.56 Å². The van der Waals surface area contributed by atoms with E-state index in [1.54, 1.807) is 32.9 Å². The molecular formula is C29H37N5O6S. The van der Waals surface area contributed by atoms with Crippen LogP contribution in [0.3, 0.4) is 0 Å². The number of aromatic nitrogens is 1. The molecule has 0 spiro atoms. The molecule has 2 aromatic rings. The molecule has 12 heteroatoms. The molecule has 0 bridgehead atoms. The second kappa shape index (κ2) is 16.2. The van der Waals surface area contributed by atoms with Crippen molar-refractivity contribution in [2.75, 3.05) is 37.2 Å². The first-order valence-electron chi connectivity index (χ1n) is 13.1. The molecule has 0 amide bonds. The number of rotatable bonds is 16. The summed E-state index contributed by atoms with van der Waals surface area (Å²) in [7, 11) is 0. The van der Waals surface area contributed by atoms with E-state index in [1.807, 2.05) is 29.4 Å². The Kier molecular flexibility index (Phi) is 13.0. The number of benzene rings is 1. The van der Waals surface area contributed by atoms with E-state index in [9.17, 15) is 24.8 Å². The maximum Gasteiger partial charge on any atom is 0.333 e. The number of hydrogen-bond acceptors (Lipinski definition) is 11. The molecule has 0 saturated carbocycles. The van der Waals surface area contributed by atoms with Gasteiger partial charge in [-0.05, 0) is 63.4 Å². The minimum absolute atomic E-state index is 0.0414. The summed E-state index contributed by atoms with van der Waals surface area (Å²) in [6, 6.07) is 9.28. The molecule has 1 heterocycles. The van der Waals surface area contributed by atoms with E-state index >= 15 is 0 Å². The van der Waals surface area contributed by atoms with E-state index in [0.717, 1.165) is 11.3 Å². The summed E-state index contributed by atoms with van der Waals surface area (Å²) in [6.07, 6.45) is 1.50. The van der Waals surface area contributed by atoms with Gasteiger partial charge in [-0.2, -0.15) is 5.26 Å². The molecule has 1 aromatic heterocycles. The lowest BCUT2D eigenvalue weighted by Crippen LogP contribution is -2.28. The van der Waals surface area contributed by atoms with Crippen molar-refractivity contribution in [1.29, 1.82) is 5.26 Å². The van der Waals surface area contributed by atoms with Crippen molar-refractivity contribution in [1.82, 2.24) is 8.87 Å². The number of aromatic hydroxyl groups is 1. The molecule has 0 radical (unpaired) electrons. The molecule has 11 nitrogen and oxygen atoms in total. The van der Waals surface area contributed by atoms with Gasteiger partial charge in [-0.15, -0.1) is 0 Å². The van der Waals surface area contributed by atoms with E-state index in [4.69, 9.17) is 9.47 Å². The number of pyridine rings is 1. The monoisotopic (exact) mass is 583 g/mol. The van der Waals surface area contributed by atoms with Gasteiger partial charge in [0.15, 0.2) is 0 Å². The Bertz CT molecular complexity index is 1330. The van der Waals surface area contributed by atoms with Gasteiger partial charge in [-0.25, -0.2) is 13.9 Å². The molecule has 0 atom stereocenters. The molecule has 0 aliphatic carbocycles. The highest BCUT2D eigenvalue weighted by atomic mass is 32.2. The van der Waals surface area contributed by atoms with Gasteiger partial charge in [0.1, 0.15) is 30.5 Å². The van der Waals surface area contributed by atoms with Crippen molar-refractivity contribution in [2.45, 2.75) is 52.0 Å². The lowest BCUT2D eigenvalue weighted by molar-refractivity contribution is -0.139. The predicted molar refractivity (Wildman–Crippen MR) is 159 cm³/mol. The molecule has 0 fully saturated rings. The quantitative estimate of drug-likeness (QED) is 0.111. The van der Waals surface area contributed by atoms with E-state index in [0.29, 0.717) is 48.5 Å². The standard InChI is InChI=1S/C29H37N5O6S/c1-7-8-13-34-26(35)24(18-30)21(6)25(27(34)36)32-31-22-9-11-23(12-10-22)41-33(14-16-39-28(37)19(2)3)15-17-40-29(38)20(4)5/h9-12,31-32,35H,2,4,7-8,13-17H2,1,3,5-6H3. The molecule has 41 heavy (non-hydrogen) atoms. The normalized spacial score (nSPS) is 10.5. The van der Waals surface area contributed by atoms with Crippen LogP contribution in [0.1, 0.15) is 44.7 Å². The Morgan fingerprint density at radius 2 is 1.63 bits per heavy atom. The van der Waals surface area contributed by atoms with Crippen LogP contribution in [0.15, 0.2) is 58.3 Å². The molecule has 220 valence electrons. The summed E-state index contributed by atoms with van der Waals surface area (Å²) >= 11 is 1.39. The van der Waals surface area contributed by atoms with E-state index in [-0.39, 0.29) is 30.3 Å². The first-order chi connectivity index (χ1) is 19.5. The Morgan fingerprint density at radius 3 is 2.12 bits per heavy atom. The zero-order valence-corrected chi connectivity index (χ0v) is 24.7. The number of nitriles is 1. The second-order valence-corrected chi connectivity index (χ2v) is 10.4. The van der Waals surface area contributed by atoms with Gasteiger partial charge < -0.3 is 20.0 Å². The third kappa shape index (κ3) is 9.73. The van der Waals surface area contributed by atoms with Crippen molar-refractivity contribution in [3.8, 4) is 11.9 Å². The second-order valence-electron chi connectivity index (χ2n) is 9.25. The van der Waals surface area contributed by atoms with Crippen LogP contribution < -0.4 is 16.4 Å². The number of ether oxygens (including phenoxy) is 2. The van der Waals surface area contributed by atoms with Gasteiger partial charge in [-0.3, -0.25) is 14.8 Å². The van der Waals surface area contributed by atoms with Gasteiger partial charge in [0.05, 0.1) is 5.69 Å². The van der Waals surface area contributed by atoms with Crippen LogP contribution in [-0.2, 0) is 25.6 Å². The number of esters is 2. The summed E-state index contributed by atoms with van der Waals surface area (Å²) in [5.74, 6) is -1.28. The largest absolute Gasteiger partial charge is 0.493 e. The van der Waals surface area contributed by atoms with Crippen molar-refractivity contribution >= 4 is 35.3 Å². The van der Waals surface area contributed by atoms with Gasteiger partial charge in [0.2, 0.25) is 5.88 Å². The highest BCUT2D eigenvalue weighted by Gasteiger charge is 2.19. The van der Waals surface area contributed by atoms with E-state index in [1.165, 1.54) is 16.5 Å². The SMILES string of the molecule is C=C(C)C(=O)OCCN(CCOC(=O)C(=C)C)Sc1ccc(NNc2c(C)c(C#N)c(O)n(CCCC)c2=O)cc1. The van der Waals surface area contributed by atoms with Gasteiger partial charge >= 0.3 is 11.9 Å². The molecule has 1 aromatic carbocycles. The number of nitrogens with zero attached hydrogens (tertiary/aromatic N) is 3. The third-order valence-electron chi connectivity index (χ3n) is 5.80. The number of carbonyl (C=O) groups excluding carboxylic acids is 2. The molecule has 0 aliphatic rings. The number of anilines is 2. The van der Waals surface area contributed by atoms with Crippen LogP contribution in [-0.4, -0.2) is 52.2 Å².